The minimum Gasteiger partial charge on any atom is -0.398 e. The second kappa shape index (κ2) is 6.75. The van der Waals surface area contributed by atoms with Gasteiger partial charge in [-0.15, -0.1) is 0 Å². The standard InChI is InChI=1S/C16H25N3O/c1-3-4-9-18-16(20)12(2)19-10-8-13-6-5-7-15(17)14(13)11-19/h5-7,12H,3-4,8-11,17H2,1-2H3,(H,18,20). The summed E-state index contributed by atoms with van der Waals surface area (Å²) in [4.78, 5) is 14.3. The van der Waals surface area contributed by atoms with Crippen LogP contribution < -0.4 is 11.1 Å². The average Bonchev–Trinajstić information content (AvgIpc) is 2.47. The molecule has 0 radical (unpaired) electrons. The van der Waals surface area contributed by atoms with Crippen molar-refractivity contribution in [3.05, 3.63) is 29.3 Å². The molecular weight excluding hydrogens is 250 g/mol. The number of nitrogens with one attached hydrogen (secondary N) is 1. The highest BCUT2D eigenvalue weighted by molar-refractivity contribution is 5.81. The molecule has 110 valence electrons. The number of unbranched alkanes of at least 4 members (excludes halogenated alkanes) is 1. The van der Waals surface area contributed by atoms with Gasteiger partial charge in [0.05, 0.1) is 6.04 Å². The second-order valence-corrected chi connectivity index (χ2v) is 5.53. The van der Waals surface area contributed by atoms with E-state index in [1.54, 1.807) is 0 Å². The molecule has 1 aromatic rings. The Labute approximate surface area is 121 Å². The van der Waals surface area contributed by atoms with Gasteiger partial charge in [0.25, 0.3) is 0 Å². The van der Waals surface area contributed by atoms with E-state index in [0.717, 1.165) is 44.6 Å². The highest BCUT2D eigenvalue weighted by Crippen LogP contribution is 2.25. The van der Waals surface area contributed by atoms with E-state index in [-0.39, 0.29) is 11.9 Å². The van der Waals surface area contributed by atoms with E-state index in [1.807, 2.05) is 19.1 Å². The fourth-order valence-electron chi connectivity index (χ4n) is 2.66. The second-order valence-electron chi connectivity index (χ2n) is 5.53. The SMILES string of the molecule is CCCCNC(=O)C(C)N1CCc2cccc(N)c2C1. The third kappa shape index (κ3) is 3.31. The first-order chi connectivity index (χ1) is 9.63. The van der Waals surface area contributed by atoms with Gasteiger partial charge in [-0.2, -0.15) is 0 Å². The lowest BCUT2D eigenvalue weighted by atomic mass is 9.97. The molecule has 1 aliphatic rings. The van der Waals surface area contributed by atoms with E-state index < -0.39 is 0 Å². The van der Waals surface area contributed by atoms with Crippen molar-refractivity contribution >= 4 is 11.6 Å². The molecule has 3 N–H and O–H groups in total. The Balaban J connectivity index is 1.98. The van der Waals surface area contributed by atoms with Gasteiger partial charge in [0.15, 0.2) is 0 Å². The maximum atomic E-state index is 12.1. The number of nitrogens with zero attached hydrogens (tertiary/aromatic N) is 1. The summed E-state index contributed by atoms with van der Waals surface area (Å²) in [5, 5.41) is 3.01. The number of fused-ring (bicyclic) bond motifs is 1. The maximum Gasteiger partial charge on any atom is 0.237 e. The Hall–Kier alpha value is -1.55. The summed E-state index contributed by atoms with van der Waals surface area (Å²) in [5.74, 6) is 0.122. The van der Waals surface area contributed by atoms with Gasteiger partial charge in [-0.05, 0) is 37.0 Å². The Morgan fingerprint density at radius 2 is 2.30 bits per heavy atom. The number of rotatable bonds is 5. The monoisotopic (exact) mass is 275 g/mol. The predicted octanol–water partition coefficient (Wildman–Crippen LogP) is 1.93. The molecule has 0 saturated heterocycles. The summed E-state index contributed by atoms with van der Waals surface area (Å²) < 4.78 is 0. The lowest BCUT2D eigenvalue weighted by Crippen LogP contribution is -2.47. The zero-order chi connectivity index (χ0) is 14.5. The third-order valence-corrected chi connectivity index (χ3v) is 4.10. The van der Waals surface area contributed by atoms with Gasteiger partial charge >= 0.3 is 0 Å². The van der Waals surface area contributed by atoms with Gasteiger partial charge in [-0.1, -0.05) is 25.5 Å². The summed E-state index contributed by atoms with van der Waals surface area (Å²) in [6.45, 7) is 6.56. The quantitative estimate of drug-likeness (QED) is 0.638. The van der Waals surface area contributed by atoms with Crippen molar-refractivity contribution in [2.75, 3.05) is 18.8 Å². The van der Waals surface area contributed by atoms with Crippen molar-refractivity contribution in [1.29, 1.82) is 0 Å². The number of amides is 1. The number of benzene rings is 1. The number of anilines is 1. The van der Waals surface area contributed by atoms with Crippen LogP contribution in [-0.4, -0.2) is 29.9 Å². The number of carbonyl (C=O) groups excluding carboxylic acids is 1. The van der Waals surface area contributed by atoms with E-state index in [1.165, 1.54) is 11.1 Å². The van der Waals surface area contributed by atoms with Crippen molar-refractivity contribution < 1.29 is 4.79 Å². The lowest BCUT2D eigenvalue weighted by Gasteiger charge is -2.33. The molecule has 0 spiro atoms. The molecule has 0 saturated carbocycles. The number of nitrogen functional groups attached to an aromatic ring is 1. The normalized spacial score (nSPS) is 16.5. The molecule has 4 nitrogen and oxygen atoms in total. The van der Waals surface area contributed by atoms with E-state index in [0.29, 0.717) is 0 Å². The van der Waals surface area contributed by atoms with E-state index >= 15 is 0 Å². The van der Waals surface area contributed by atoms with Crippen LogP contribution in [0.15, 0.2) is 18.2 Å². The molecule has 20 heavy (non-hydrogen) atoms. The molecular formula is C16H25N3O. The van der Waals surface area contributed by atoms with Crippen molar-refractivity contribution in [1.82, 2.24) is 10.2 Å². The minimum absolute atomic E-state index is 0.0976. The number of hydrogen-bond donors (Lipinski definition) is 2. The first-order valence-electron chi connectivity index (χ1n) is 7.51. The fraction of sp³-hybridized carbons (Fsp3) is 0.562. The van der Waals surface area contributed by atoms with Gasteiger partial charge < -0.3 is 11.1 Å². The summed E-state index contributed by atoms with van der Waals surface area (Å²) in [7, 11) is 0. The summed E-state index contributed by atoms with van der Waals surface area (Å²) in [6.07, 6.45) is 3.10. The van der Waals surface area contributed by atoms with Gasteiger partial charge in [0, 0.05) is 25.3 Å². The van der Waals surface area contributed by atoms with Crippen LogP contribution in [0.2, 0.25) is 0 Å². The van der Waals surface area contributed by atoms with Crippen LogP contribution in [-0.2, 0) is 17.8 Å². The van der Waals surface area contributed by atoms with Crippen LogP contribution in [0.1, 0.15) is 37.8 Å². The molecule has 1 heterocycles. The van der Waals surface area contributed by atoms with E-state index in [2.05, 4.69) is 23.2 Å². The molecule has 2 rings (SSSR count). The highest BCUT2D eigenvalue weighted by Gasteiger charge is 2.25. The zero-order valence-electron chi connectivity index (χ0n) is 12.5. The molecule has 1 amide bonds. The molecule has 1 aliphatic heterocycles. The van der Waals surface area contributed by atoms with Gasteiger partial charge in [0.1, 0.15) is 0 Å². The van der Waals surface area contributed by atoms with Crippen LogP contribution in [0.4, 0.5) is 5.69 Å². The van der Waals surface area contributed by atoms with Gasteiger partial charge in [-0.25, -0.2) is 0 Å². The molecule has 1 atom stereocenters. The summed E-state index contributed by atoms with van der Waals surface area (Å²) >= 11 is 0. The number of carbonyl (C=O) groups is 1. The Bertz CT molecular complexity index is 473. The average molecular weight is 275 g/mol. The van der Waals surface area contributed by atoms with E-state index in [4.69, 9.17) is 5.73 Å². The predicted molar refractivity (Wildman–Crippen MR) is 82.3 cm³/mol. The first kappa shape index (κ1) is 14.9. The molecule has 0 fully saturated rings. The summed E-state index contributed by atoms with van der Waals surface area (Å²) in [6, 6.07) is 5.98. The smallest absolute Gasteiger partial charge is 0.237 e. The first-order valence-corrected chi connectivity index (χ1v) is 7.51. The molecule has 0 aromatic heterocycles. The molecule has 1 unspecified atom stereocenters. The zero-order valence-corrected chi connectivity index (χ0v) is 12.5. The summed E-state index contributed by atoms with van der Waals surface area (Å²) in [5.41, 5.74) is 9.40. The van der Waals surface area contributed by atoms with Gasteiger partial charge in [0.2, 0.25) is 5.91 Å². The van der Waals surface area contributed by atoms with Crippen molar-refractivity contribution in [3.8, 4) is 0 Å². The van der Waals surface area contributed by atoms with Crippen molar-refractivity contribution in [2.45, 2.75) is 45.7 Å². The highest BCUT2D eigenvalue weighted by atomic mass is 16.2. The van der Waals surface area contributed by atoms with Crippen molar-refractivity contribution in [3.63, 3.8) is 0 Å². The van der Waals surface area contributed by atoms with Crippen LogP contribution >= 0.6 is 0 Å². The Morgan fingerprint density at radius 3 is 3.05 bits per heavy atom. The topological polar surface area (TPSA) is 58.4 Å². The minimum atomic E-state index is -0.0976. The number of hydrogen-bond acceptors (Lipinski definition) is 3. The van der Waals surface area contributed by atoms with Crippen LogP contribution in [0.5, 0.6) is 0 Å². The molecule has 1 aromatic carbocycles. The fourth-order valence-corrected chi connectivity index (χ4v) is 2.66. The lowest BCUT2D eigenvalue weighted by molar-refractivity contribution is -0.126. The third-order valence-electron chi connectivity index (χ3n) is 4.10. The largest absolute Gasteiger partial charge is 0.398 e. The van der Waals surface area contributed by atoms with Crippen LogP contribution in [0.3, 0.4) is 0 Å². The molecule has 0 aliphatic carbocycles. The molecule has 4 heteroatoms. The maximum absolute atomic E-state index is 12.1. The molecule has 0 bridgehead atoms. The van der Waals surface area contributed by atoms with Gasteiger partial charge in [-0.3, -0.25) is 9.69 Å². The van der Waals surface area contributed by atoms with Crippen LogP contribution in [0, 0.1) is 0 Å². The Kier molecular flexibility index (Phi) is 5.01. The van der Waals surface area contributed by atoms with Crippen LogP contribution in [0.25, 0.3) is 0 Å². The number of nitrogens with two attached hydrogens (primary N) is 1. The Morgan fingerprint density at radius 1 is 1.50 bits per heavy atom. The van der Waals surface area contributed by atoms with E-state index in [9.17, 15) is 4.79 Å². The van der Waals surface area contributed by atoms with Crippen molar-refractivity contribution in [2.24, 2.45) is 0 Å².